The van der Waals surface area contributed by atoms with E-state index in [2.05, 4.69) is 60.4 Å². The predicted octanol–water partition coefficient (Wildman–Crippen LogP) is 5.38. The molecule has 1 aromatic heterocycles. The molecule has 1 atom stereocenters. The van der Waals surface area contributed by atoms with Crippen molar-refractivity contribution in [2.45, 2.75) is 39.7 Å². The van der Waals surface area contributed by atoms with E-state index in [-0.39, 0.29) is 6.04 Å². The number of aryl methyl sites for hydroxylation is 1. The van der Waals surface area contributed by atoms with Crippen molar-refractivity contribution in [3.05, 3.63) is 71.2 Å². The standard InChI is InChI=1S/C25H28N4O2S/c1-5-15-29-16(3)21(22(26-25(29)32)18-9-7-17(6-2)8-10-18)24-27-23(28-31-24)19-11-13-20(30-4)14-12-19/h7-14,22H,5-6,15H2,1-4H3,(H,26,32). The lowest BCUT2D eigenvalue weighted by Gasteiger charge is -2.37. The van der Waals surface area contributed by atoms with Gasteiger partial charge >= 0.3 is 0 Å². The summed E-state index contributed by atoms with van der Waals surface area (Å²) < 4.78 is 11.0. The molecule has 0 bridgehead atoms. The Morgan fingerprint density at radius 2 is 1.81 bits per heavy atom. The van der Waals surface area contributed by atoms with Gasteiger partial charge in [0, 0.05) is 17.8 Å². The molecule has 0 aliphatic carbocycles. The number of rotatable bonds is 7. The largest absolute Gasteiger partial charge is 0.497 e. The van der Waals surface area contributed by atoms with Crippen molar-refractivity contribution in [2.75, 3.05) is 13.7 Å². The Balaban J connectivity index is 1.77. The number of nitrogens with zero attached hydrogens (tertiary/aromatic N) is 3. The normalized spacial score (nSPS) is 16.3. The van der Waals surface area contributed by atoms with Crippen molar-refractivity contribution >= 4 is 22.9 Å². The third-order valence-corrected chi connectivity index (χ3v) is 6.11. The molecule has 0 radical (unpaired) electrons. The fourth-order valence-electron chi connectivity index (χ4n) is 3.94. The zero-order valence-corrected chi connectivity index (χ0v) is 19.7. The van der Waals surface area contributed by atoms with Crippen molar-refractivity contribution in [3.8, 4) is 17.1 Å². The minimum absolute atomic E-state index is 0.161. The first-order chi connectivity index (χ1) is 15.5. The quantitative estimate of drug-likeness (QED) is 0.487. The van der Waals surface area contributed by atoms with Crippen LogP contribution in [0.4, 0.5) is 0 Å². The fourth-order valence-corrected chi connectivity index (χ4v) is 4.28. The summed E-state index contributed by atoms with van der Waals surface area (Å²) in [6.45, 7) is 7.19. The molecule has 7 heteroatoms. The summed E-state index contributed by atoms with van der Waals surface area (Å²) in [5.41, 5.74) is 5.25. The third kappa shape index (κ3) is 4.25. The number of allylic oxidation sites excluding steroid dienone is 1. The highest BCUT2D eigenvalue weighted by molar-refractivity contribution is 7.80. The summed E-state index contributed by atoms with van der Waals surface area (Å²) in [5.74, 6) is 1.82. The van der Waals surface area contributed by atoms with Gasteiger partial charge in [0.2, 0.25) is 5.82 Å². The molecular formula is C25H28N4O2S. The average Bonchev–Trinajstić information content (AvgIpc) is 3.31. The van der Waals surface area contributed by atoms with Crippen LogP contribution in [0.5, 0.6) is 5.75 Å². The molecule has 1 aliphatic rings. The van der Waals surface area contributed by atoms with Gasteiger partial charge in [0.05, 0.1) is 18.7 Å². The first-order valence-electron chi connectivity index (χ1n) is 10.9. The number of benzene rings is 2. The molecule has 1 N–H and O–H groups in total. The number of aromatic nitrogens is 2. The SMILES string of the molecule is CCCN1C(=S)NC(c2ccc(CC)cc2)C(c2nc(-c3ccc(OC)cc3)no2)=C1C. The van der Waals surface area contributed by atoms with Gasteiger partial charge in [0.1, 0.15) is 5.75 Å². The van der Waals surface area contributed by atoms with Crippen LogP contribution in [0.15, 0.2) is 58.8 Å². The summed E-state index contributed by atoms with van der Waals surface area (Å²) in [6, 6.07) is 16.1. The highest BCUT2D eigenvalue weighted by atomic mass is 32.1. The number of nitrogens with one attached hydrogen (secondary N) is 1. The number of hydrogen-bond acceptors (Lipinski definition) is 5. The fraction of sp³-hybridized carbons (Fsp3) is 0.320. The molecule has 0 spiro atoms. The molecule has 3 aromatic rings. The van der Waals surface area contributed by atoms with E-state index < -0.39 is 0 Å². The Labute approximate surface area is 194 Å². The Morgan fingerprint density at radius 3 is 2.44 bits per heavy atom. The first kappa shape index (κ1) is 22.0. The number of thiocarbonyl (C=S) groups is 1. The van der Waals surface area contributed by atoms with E-state index in [9.17, 15) is 0 Å². The lowest BCUT2D eigenvalue weighted by atomic mass is 9.94. The highest BCUT2D eigenvalue weighted by Crippen LogP contribution is 2.37. The van der Waals surface area contributed by atoms with Crippen LogP contribution in [0.25, 0.3) is 17.0 Å². The molecule has 6 nitrogen and oxygen atoms in total. The van der Waals surface area contributed by atoms with Crippen LogP contribution in [0.1, 0.15) is 50.3 Å². The highest BCUT2D eigenvalue weighted by Gasteiger charge is 2.33. The van der Waals surface area contributed by atoms with Gasteiger partial charge in [0.25, 0.3) is 5.89 Å². The smallest absolute Gasteiger partial charge is 0.258 e. The van der Waals surface area contributed by atoms with E-state index in [1.54, 1.807) is 7.11 Å². The van der Waals surface area contributed by atoms with E-state index >= 15 is 0 Å². The van der Waals surface area contributed by atoms with Gasteiger partial charge in [-0.2, -0.15) is 4.98 Å². The first-order valence-corrected chi connectivity index (χ1v) is 11.3. The zero-order valence-electron chi connectivity index (χ0n) is 18.9. The van der Waals surface area contributed by atoms with Crippen molar-refractivity contribution in [3.63, 3.8) is 0 Å². The maximum absolute atomic E-state index is 5.78. The second kappa shape index (κ2) is 9.53. The van der Waals surface area contributed by atoms with E-state index in [1.165, 1.54) is 5.56 Å². The summed E-state index contributed by atoms with van der Waals surface area (Å²) in [6.07, 6.45) is 1.97. The van der Waals surface area contributed by atoms with Crippen molar-refractivity contribution < 1.29 is 9.26 Å². The Kier molecular flexibility index (Phi) is 6.55. The molecule has 32 heavy (non-hydrogen) atoms. The van der Waals surface area contributed by atoms with Crippen LogP contribution in [0.2, 0.25) is 0 Å². The summed E-state index contributed by atoms with van der Waals surface area (Å²) in [7, 11) is 1.65. The molecular weight excluding hydrogens is 420 g/mol. The van der Waals surface area contributed by atoms with Gasteiger partial charge in [0.15, 0.2) is 5.11 Å². The minimum Gasteiger partial charge on any atom is -0.497 e. The zero-order chi connectivity index (χ0) is 22.7. The summed E-state index contributed by atoms with van der Waals surface area (Å²) >= 11 is 5.71. The van der Waals surface area contributed by atoms with Crippen LogP contribution in [-0.4, -0.2) is 33.8 Å². The molecule has 1 aliphatic heterocycles. The van der Waals surface area contributed by atoms with Crippen molar-refractivity contribution in [1.82, 2.24) is 20.4 Å². The third-order valence-electron chi connectivity index (χ3n) is 5.77. The molecule has 166 valence electrons. The van der Waals surface area contributed by atoms with E-state index in [4.69, 9.17) is 26.5 Å². The maximum atomic E-state index is 5.78. The minimum atomic E-state index is -0.161. The van der Waals surface area contributed by atoms with Crippen LogP contribution in [0.3, 0.4) is 0 Å². The van der Waals surface area contributed by atoms with Gasteiger partial charge in [-0.05, 0) is 67.4 Å². The van der Waals surface area contributed by atoms with E-state index in [1.807, 2.05) is 24.3 Å². The molecule has 0 amide bonds. The second-order valence-corrected chi connectivity index (χ2v) is 8.17. The van der Waals surface area contributed by atoms with Crippen LogP contribution >= 0.6 is 12.2 Å². The second-order valence-electron chi connectivity index (χ2n) is 7.78. The average molecular weight is 449 g/mol. The van der Waals surface area contributed by atoms with Gasteiger partial charge in [-0.25, -0.2) is 0 Å². The van der Waals surface area contributed by atoms with Crippen LogP contribution in [-0.2, 0) is 6.42 Å². The number of methoxy groups -OCH3 is 1. The van der Waals surface area contributed by atoms with Gasteiger partial charge < -0.3 is 19.5 Å². The van der Waals surface area contributed by atoms with E-state index in [0.717, 1.165) is 47.5 Å². The Hall–Kier alpha value is -3.19. The lowest BCUT2D eigenvalue weighted by molar-refractivity contribution is 0.396. The van der Waals surface area contributed by atoms with Crippen LogP contribution < -0.4 is 10.1 Å². The van der Waals surface area contributed by atoms with Crippen molar-refractivity contribution in [2.24, 2.45) is 0 Å². The monoisotopic (exact) mass is 448 g/mol. The topological polar surface area (TPSA) is 63.4 Å². The predicted molar refractivity (Wildman–Crippen MR) is 130 cm³/mol. The maximum Gasteiger partial charge on any atom is 0.258 e. The van der Waals surface area contributed by atoms with Crippen molar-refractivity contribution in [1.29, 1.82) is 0 Å². The van der Waals surface area contributed by atoms with Gasteiger partial charge in [-0.3, -0.25) is 0 Å². The molecule has 0 saturated heterocycles. The molecule has 4 rings (SSSR count). The van der Waals surface area contributed by atoms with Gasteiger partial charge in [-0.15, -0.1) is 0 Å². The Bertz CT molecular complexity index is 1120. The Morgan fingerprint density at radius 1 is 1.09 bits per heavy atom. The molecule has 2 aromatic carbocycles. The van der Waals surface area contributed by atoms with E-state index in [0.29, 0.717) is 16.8 Å². The summed E-state index contributed by atoms with van der Waals surface area (Å²) in [4.78, 5) is 6.86. The summed E-state index contributed by atoms with van der Waals surface area (Å²) in [5, 5.41) is 8.48. The molecule has 0 saturated carbocycles. The number of ether oxygens (including phenoxy) is 1. The van der Waals surface area contributed by atoms with Gasteiger partial charge in [-0.1, -0.05) is 43.3 Å². The molecule has 1 unspecified atom stereocenters. The number of hydrogen-bond donors (Lipinski definition) is 1. The lowest BCUT2D eigenvalue weighted by Crippen LogP contribution is -2.46. The molecule has 0 fully saturated rings. The van der Waals surface area contributed by atoms with Crippen LogP contribution in [0, 0.1) is 0 Å². The molecule has 2 heterocycles.